The van der Waals surface area contributed by atoms with Gasteiger partial charge in [-0.05, 0) is 32.9 Å². The van der Waals surface area contributed by atoms with Crippen molar-refractivity contribution in [2.75, 3.05) is 7.05 Å². The summed E-state index contributed by atoms with van der Waals surface area (Å²) in [6.07, 6.45) is 5.21. The van der Waals surface area contributed by atoms with Gasteiger partial charge in [0.2, 0.25) is 0 Å². The summed E-state index contributed by atoms with van der Waals surface area (Å²) >= 11 is 0. The summed E-state index contributed by atoms with van der Waals surface area (Å²) < 4.78 is 0. The lowest BCUT2D eigenvalue weighted by Gasteiger charge is -2.32. The monoisotopic (exact) mass is 199 g/mol. The Labute approximate surface area is 86.1 Å². The van der Waals surface area contributed by atoms with Crippen molar-refractivity contribution in [2.45, 2.75) is 39.0 Å². The molecule has 0 fully saturated rings. The van der Waals surface area contributed by atoms with Crippen molar-refractivity contribution in [2.24, 2.45) is 0 Å². The van der Waals surface area contributed by atoms with Crippen LogP contribution in [-0.2, 0) is 0 Å². The Morgan fingerprint density at radius 1 is 1.50 bits per heavy atom. The quantitative estimate of drug-likeness (QED) is 0.460. The molecule has 0 aromatic heterocycles. The second-order valence-electron chi connectivity index (χ2n) is 3.39. The maximum atomic E-state index is 9.31. The SMILES string of the molecule is C/C=C\C(=C/CC)C(C)(NC)C(O)O. The van der Waals surface area contributed by atoms with E-state index in [0.29, 0.717) is 0 Å². The number of rotatable bonds is 5. The van der Waals surface area contributed by atoms with Crippen LogP contribution in [0.5, 0.6) is 0 Å². The van der Waals surface area contributed by atoms with Gasteiger partial charge in [0.15, 0.2) is 6.29 Å². The predicted octanol–water partition coefficient (Wildman–Crippen LogP) is 1.19. The molecule has 0 aliphatic rings. The van der Waals surface area contributed by atoms with Gasteiger partial charge < -0.3 is 15.5 Å². The van der Waals surface area contributed by atoms with Gasteiger partial charge in [0, 0.05) is 0 Å². The van der Waals surface area contributed by atoms with E-state index in [2.05, 4.69) is 5.32 Å². The fourth-order valence-corrected chi connectivity index (χ4v) is 1.28. The Bertz CT molecular complexity index is 221. The van der Waals surface area contributed by atoms with Gasteiger partial charge >= 0.3 is 0 Å². The van der Waals surface area contributed by atoms with Gasteiger partial charge in [0.25, 0.3) is 0 Å². The minimum Gasteiger partial charge on any atom is -0.366 e. The van der Waals surface area contributed by atoms with Gasteiger partial charge in [-0.3, -0.25) is 0 Å². The number of likely N-dealkylation sites (N-methyl/N-ethyl adjacent to an activating group) is 1. The number of aliphatic hydroxyl groups excluding tert-OH is 1. The highest BCUT2D eigenvalue weighted by Crippen LogP contribution is 2.21. The van der Waals surface area contributed by atoms with Gasteiger partial charge in [-0.15, -0.1) is 0 Å². The molecule has 14 heavy (non-hydrogen) atoms. The first kappa shape index (κ1) is 13.4. The summed E-state index contributed by atoms with van der Waals surface area (Å²) in [6.45, 7) is 5.69. The average Bonchev–Trinajstić information content (AvgIpc) is 2.16. The number of allylic oxidation sites excluding steroid dienone is 2. The first-order chi connectivity index (χ1) is 6.52. The van der Waals surface area contributed by atoms with Gasteiger partial charge in [-0.2, -0.15) is 0 Å². The summed E-state index contributed by atoms with van der Waals surface area (Å²) in [5, 5.41) is 21.6. The molecule has 0 saturated carbocycles. The van der Waals surface area contributed by atoms with Crippen LogP contribution in [0.2, 0.25) is 0 Å². The lowest BCUT2D eigenvalue weighted by atomic mass is 9.90. The summed E-state index contributed by atoms with van der Waals surface area (Å²) in [5.41, 5.74) is 0.0858. The summed E-state index contributed by atoms with van der Waals surface area (Å²) in [7, 11) is 1.71. The molecule has 0 spiro atoms. The summed E-state index contributed by atoms with van der Waals surface area (Å²) in [5.74, 6) is 0. The zero-order valence-electron chi connectivity index (χ0n) is 9.41. The van der Waals surface area contributed by atoms with E-state index < -0.39 is 11.8 Å². The average molecular weight is 199 g/mol. The van der Waals surface area contributed by atoms with Crippen molar-refractivity contribution in [3.8, 4) is 0 Å². The van der Waals surface area contributed by atoms with Crippen molar-refractivity contribution < 1.29 is 10.2 Å². The highest BCUT2D eigenvalue weighted by atomic mass is 16.5. The van der Waals surface area contributed by atoms with Gasteiger partial charge in [0.1, 0.15) is 0 Å². The van der Waals surface area contributed by atoms with Gasteiger partial charge in [-0.25, -0.2) is 0 Å². The van der Waals surface area contributed by atoms with Crippen LogP contribution in [0.15, 0.2) is 23.8 Å². The molecule has 0 aromatic carbocycles. The third-order valence-electron chi connectivity index (χ3n) is 2.41. The molecule has 3 N–H and O–H groups in total. The molecular formula is C11H21NO2. The first-order valence-corrected chi connectivity index (χ1v) is 4.91. The Morgan fingerprint density at radius 2 is 2.07 bits per heavy atom. The summed E-state index contributed by atoms with van der Waals surface area (Å²) in [4.78, 5) is 0. The van der Waals surface area contributed by atoms with Crippen molar-refractivity contribution in [1.82, 2.24) is 5.32 Å². The minimum atomic E-state index is -1.42. The van der Waals surface area contributed by atoms with Crippen molar-refractivity contribution >= 4 is 0 Å². The van der Waals surface area contributed by atoms with Crippen LogP contribution >= 0.6 is 0 Å². The number of hydrogen-bond donors (Lipinski definition) is 3. The number of nitrogens with one attached hydrogen (secondary N) is 1. The zero-order valence-corrected chi connectivity index (χ0v) is 9.41. The maximum absolute atomic E-state index is 9.31. The van der Waals surface area contributed by atoms with Crippen LogP contribution in [0.25, 0.3) is 0 Å². The Hall–Kier alpha value is -0.640. The van der Waals surface area contributed by atoms with Crippen LogP contribution < -0.4 is 5.32 Å². The van der Waals surface area contributed by atoms with Gasteiger partial charge in [-0.1, -0.05) is 25.2 Å². The van der Waals surface area contributed by atoms with E-state index in [9.17, 15) is 10.2 Å². The molecule has 0 rings (SSSR count). The van der Waals surface area contributed by atoms with E-state index >= 15 is 0 Å². The lowest BCUT2D eigenvalue weighted by molar-refractivity contribution is -0.0876. The van der Waals surface area contributed by atoms with E-state index in [4.69, 9.17) is 0 Å². The van der Waals surface area contributed by atoms with Crippen molar-refractivity contribution in [3.05, 3.63) is 23.8 Å². The van der Waals surface area contributed by atoms with Crippen LogP contribution in [-0.4, -0.2) is 29.1 Å². The molecule has 0 radical (unpaired) electrons. The molecule has 0 aromatic rings. The second kappa shape index (κ2) is 5.96. The molecule has 0 aliphatic carbocycles. The van der Waals surface area contributed by atoms with Crippen molar-refractivity contribution in [1.29, 1.82) is 0 Å². The molecule has 0 heterocycles. The highest BCUT2D eigenvalue weighted by molar-refractivity contribution is 5.31. The topological polar surface area (TPSA) is 52.5 Å². The highest BCUT2D eigenvalue weighted by Gasteiger charge is 2.32. The molecule has 0 saturated heterocycles. The van der Waals surface area contributed by atoms with Gasteiger partial charge in [0.05, 0.1) is 5.54 Å². The summed E-state index contributed by atoms with van der Waals surface area (Å²) in [6, 6.07) is 0. The third kappa shape index (κ3) is 2.94. The molecule has 1 atom stereocenters. The second-order valence-corrected chi connectivity index (χ2v) is 3.39. The normalized spacial score (nSPS) is 17.8. The largest absolute Gasteiger partial charge is 0.366 e. The van der Waals surface area contributed by atoms with Crippen LogP contribution in [0.3, 0.4) is 0 Å². The standard InChI is InChI=1S/C11H21NO2/c1-5-7-9(8-6-2)11(3,12-4)10(13)14/h5,7-8,10,12-14H,6H2,1-4H3/b7-5-,9-8+. The molecule has 0 bridgehead atoms. The Kier molecular flexibility index (Phi) is 5.69. The fraction of sp³-hybridized carbons (Fsp3) is 0.636. The van der Waals surface area contributed by atoms with Crippen LogP contribution in [0.1, 0.15) is 27.2 Å². The zero-order chi connectivity index (χ0) is 11.2. The molecule has 0 aliphatic heterocycles. The maximum Gasteiger partial charge on any atom is 0.174 e. The number of aliphatic hydroxyl groups is 2. The lowest BCUT2D eigenvalue weighted by Crippen LogP contribution is -2.51. The fourth-order valence-electron chi connectivity index (χ4n) is 1.28. The molecule has 0 amide bonds. The minimum absolute atomic E-state index is 0.803. The van der Waals surface area contributed by atoms with E-state index in [-0.39, 0.29) is 0 Å². The first-order valence-electron chi connectivity index (χ1n) is 4.91. The third-order valence-corrected chi connectivity index (χ3v) is 2.41. The molecular weight excluding hydrogens is 178 g/mol. The van der Waals surface area contributed by atoms with E-state index in [1.165, 1.54) is 0 Å². The molecule has 3 nitrogen and oxygen atoms in total. The molecule has 82 valence electrons. The molecule has 1 unspecified atom stereocenters. The number of hydrogen-bond acceptors (Lipinski definition) is 3. The smallest absolute Gasteiger partial charge is 0.174 e. The van der Waals surface area contributed by atoms with Crippen molar-refractivity contribution in [3.63, 3.8) is 0 Å². The van der Waals surface area contributed by atoms with Crippen LogP contribution in [0, 0.1) is 0 Å². The Morgan fingerprint density at radius 3 is 2.36 bits per heavy atom. The van der Waals surface area contributed by atoms with Crippen LogP contribution in [0.4, 0.5) is 0 Å². The molecule has 3 heteroatoms. The van der Waals surface area contributed by atoms with E-state index in [0.717, 1.165) is 12.0 Å². The Balaban J connectivity index is 5.03. The predicted molar refractivity (Wildman–Crippen MR) is 58.9 cm³/mol. The van der Waals surface area contributed by atoms with E-state index in [1.807, 2.05) is 32.1 Å². The van der Waals surface area contributed by atoms with E-state index in [1.54, 1.807) is 14.0 Å².